The highest BCUT2D eigenvalue weighted by atomic mass is 79.9. The minimum absolute atomic E-state index is 0.586. The summed E-state index contributed by atoms with van der Waals surface area (Å²) in [6.45, 7) is 2.64. The first-order valence-electron chi connectivity index (χ1n) is 5.54. The van der Waals surface area contributed by atoms with E-state index in [-0.39, 0.29) is 0 Å². The highest BCUT2D eigenvalue weighted by Crippen LogP contribution is 2.20. The van der Waals surface area contributed by atoms with Crippen LogP contribution >= 0.6 is 15.9 Å². The molecular formula is C12H14BrN5. The Morgan fingerprint density at radius 2 is 2.06 bits per heavy atom. The minimum Gasteiger partial charge on any atom is -0.365 e. The van der Waals surface area contributed by atoms with Crippen molar-refractivity contribution in [1.82, 2.24) is 15.0 Å². The van der Waals surface area contributed by atoms with Gasteiger partial charge in [-0.15, -0.1) is 0 Å². The number of aromatic nitrogens is 3. The SMILES string of the molecule is CNc1ncc(Br)c(NCc2ccc(C)nc2)n1. The van der Waals surface area contributed by atoms with Crippen LogP contribution in [0.5, 0.6) is 0 Å². The Hall–Kier alpha value is -1.69. The largest absolute Gasteiger partial charge is 0.365 e. The van der Waals surface area contributed by atoms with Crippen molar-refractivity contribution in [3.05, 3.63) is 40.3 Å². The molecular weight excluding hydrogens is 294 g/mol. The fraction of sp³-hybridized carbons (Fsp3) is 0.250. The topological polar surface area (TPSA) is 62.7 Å². The second kappa shape index (κ2) is 5.77. The molecule has 2 aromatic rings. The molecule has 0 aliphatic rings. The molecule has 0 spiro atoms. The first-order chi connectivity index (χ1) is 8.69. The van der Waals surface area contributed by atoms with E-state index in [1.165, 1.54) is 0 Å². The van der Waals surface area contributed by atoms with Crippen molar-refractivity contribution < 1.29 is 0 Å². The van der Waals surface area contributed by atoms with Crippen LogP contribution in [0.1, 0.15) is 11.3 Å². The fourth-order valence-corrected chi connectivity index (χ4v) is 1.73. The lowest BCUT2D eigenvalue weighted by Crippen LogP contribution is -2.05. The van der Waals surface area contributed by atoms with Gasteiger partial charge in [0.1, 0.15) is 5.82 Å². The average Bonchev–Trinajstić information content (AvgIpc) is 2.40. The van der Waals surface area contributed by atoms with Gasteiger partial charge in [-0.05, 0) is 34.5 Å². The van der Waals surface area contributed by atoms with Crippen LogP contribution in [0.3, 0.4) is 0 Å². The molecule has 0 amide bonds. The number of nitrogens with one attached hydrogen (secondary N) is 2. The maximum Gasteiger partial charge on any atom is 0.224 e. The number of aryl methyl sites for hydroxylation is 1. The normalized spacial score (nSPS) is 10.2. The van der Waals surface area contributed by atoms with Gasteiger partial charge in [0, 0.05) is 31.7 Å². The molecule has 5 nitrogen and oxygen atoms in total. The molecule has 0 saturated heterocycles. The summed E-state index contributed by atoms with van der Waals surface area (Å²) < 4.78 is 0.835. The van der Waals surface area contributed by atoms with Crippen molar-refractivity contribution in [2.75, 3.05) is 17.7 Å². The molecule has 0 aromatic carbocycles. The molecule has 0 fully saturated rings. The van der Waals surface area contributed by atoms with E-state index >= 15 is 0 Å². The van der Waals surface area contributed by atoms with Crippen molar-refractivity contribution in [1.29, 1.82) is 0 Å². The number of halogens is 1. The lowest BCUT2D eigenvalue weighted by Gasteiger charge is -2.08. The first-order valence-corrected chi connectivity index (χ1v) is 6.34. The molecule has 2 rings (SSSR count). The predicted octanol–water partition coefficient (Wildman–Crippen LogP) is 2.60. The lowest BCUT2D eigenvalue weighted by atomic mass is 10.2. The van der Waals surface area contributed by atoms with E-state index in [9.17, 15) is 0 Å². The van der Waals surface area contributed by atoms with Gasteiger partial charge in [0.05, 0.1) is 4.47 Å². The number of hydrogen-bond acceptors (Lipinski definition) is 5. The molecule has 0 aliphatic heterocycles. The second-order valence-electron chi connectivity index (χ2n) is 3.80. The Bertz CT molecular complexity index is 526. The van der Waals surface area contributed by atoms with Crippen LogP contribution in [-0.2, 0) is 6.54 Å². The standard InChI is InChI=1S/C12H14BrN5/c1-8-3-4-9(5-15-8)6-16-11-10(13)7-17-12(14-2)18-11/h3-5,7H,6H2,1-2H3,(H2,14,16,17,18). The van der Waals surface area contributed by atoms with E-state index in [0.717, 1.165) is 21.5 Å². The van der Waals surface area contributed by atoms with Crippen LogP contribution < -0.4 is 10.6 Å². The molecule has 6 heteroatoms. The van der Waals surface area contributed by atoms with Crippen molar-refractivity contribution in [3.8, 4) is 0 Å². The van der Waals surface area contributed by atoms with Gasteiger partial charge in [0.15, 0.2) is 0 Å². The van der Waals surface area contributed by atoms with Crippen molar-refractivity contribution in [3.63, 3.8) is 0 Å². The third kappa shape index (κ3) is 3.16. The summed E-state index contributed by atoms with van der Waals surface area (Å²) in [4.78, 5) is 12.7. The molecule has 0 aliphatic carbocycles. The summed E-state index contributed by atoms with van der Waals surface area (Å²) in [7, 11) is 1.79. The quantitative estimate of drug-likeness (QED) is 0.909. The zero-order valence-electron chi connectivity index (χ0n) is 10.2. The maximum absolute atomic E-state index is 4.32. The molecule has 2 heterocycles. The van der Waals surface area contributed by atoms with Gasteiger partial charge >= 0.3 is 0 Å². The molecule has 0 saturated carbocycles. The van der Waals surface area contributed by atoms with Gasteiger partial charge in [-0.2, -0.15) is 4.98 Å². The van der Waals surface area contributed by atoms with E-state index in [4.69, 9.17) is 0 Å². The van der Waals surface area contributed by atoms with E-state index in [2.05, 4.69) is 41.5 Å². The van der Waals surface area contributed by atoms with Crippen LogP contribution in [0, 0.1) is 6.92 Å². The molecule has 0 radical (unpaired) electrons. The summed E-state index contributed by atoms with van der Waals surface area (Å²) in [5.74, 6) is 1.35. The van der Waals surface area contributed by atoms with Crippen molar-refractivity contribution in [2.24, 2.45) is 0 Å². The van der Waals surface area contributed by atoms with E-state index < -0.39 is 0 Å². The van der Waals surface area contributed by atoms with Crippen LogP contribution in [0.25, 0.3) is 0 Å². The summed E-state index contributed by atoms with van der Waals surface area (Å²) in [5.41, 5.74) is 2.12. The van der Waals surface area contributed by atoms with Crippen molar-refractivity contribution >= 4 is 27.7 Å². The number of rotatable bonds is 4. The summed E-state index contributed by atoms with van der Waals surface area (Å²) in [6.07, 6.45) is 3.57. The van der Waals surface area contributed by atoms with E-state index in [1.54, 1.807) is 13.2 Å². The van der Waals surface area contributed by atoms with Gasteiger partial charge in [0.2, 0.25) is 5.95 Å². The van der Waals surface area contributed by atoms with E-state index in [1.807, 2.05) is 25.3 Å². The summed E-state index contributed by atoms with van der Waals surface area (Å²) >= 11 is 3.41. The number of anilines is 2. The molecule has 0 bridgehead atoms. The zero-order chi connectivity index (χ0) is 13.0. The maximum atomic E-state index is 4.32. The Kier molecular flexibility index (Phi) is 4.09. The second-order valence-corrected chi connectivity index (χ2v) is 4.66. The van der Waals surface area contributed by atoms with Gasteiger partial charge in [-0.3, -0.25) is 4.98 Å². The molecule has 94 valence electrons. The third-order valence-electron chi connectivity index (χ3n) is 2.40. The van der Waals surface area contributed by atoms with Gasteiger partial charge in [-0.25, -0.2) is 4.98 Å². The highest BCUT2D eigenvalue weighted by molar-refractivity contribution is 9.10. The van der Waals surface area contributed by atoms with Gasteiger partial charge in [0.25, 0.3) is 0 Å². The Labute approximate surface area is 114 Å². The summed E-state index contributed by atoms with van der Waals surface area (Å²) in [5, 5.41) is 6.15. The van der Waals surface area contributed by atoms with Crippen LogP contribution in [0.4, 0.5) is 11.8 Å². The monoisotopic (exact) mass is 307 g/mol. The Morgan fingerprint density at radius 1 is 1.22 bits per heavy atom. The molecule has 2 aromatic heterocycles. The molecule has 2 N–H and O–H groups in total. The predicted molar refractivity (Wildman–Crippen MR) is 75.6 cm³/mol. The van der Waals surface area contributed by atoms with E-state index in [0.29, 0.717) is 12.5 Å². The van der Waals surface area contributed by atoms with Crippen molar-refractivity contribution in [2.45, 2.75) is 13.5 Å². The Balaban J connectivity index is 2.07. The lowest BCUT2D eigenvalue weighted by molar-refractivity contribution is 1.05. The molecule has 0 atom stereocenters. The Morgan fingerprint density at radius 3 is 2.72 bits per heavy atom. The first kappa shape index (κ1) is 12.8. The zero-order valence-corrected chi connectivity index (χ0v) is 11.8. The smallest absolute Gasteiger partial charge is 0.224 e. The van der Waals surface area contributed by atoms with Crippen LogP contribution in [-0.4, -0.2) is 22.0 Å². The molecule has 0 unspecified atom stereocenters. The van der Waals surface area contributed by atoms with Crippen LogP contribution in [0.2, 0.25) is 0 Å². The minimum atomic E-state index is 0.586. The average molecular weight is 308 g/mol. The molecule has 18 heavy (non-hydrogen) atoms. The fourth-order valence-electron chi connectivity index (χ4n) is 1.40. The van der Waals surface area contributed by atoms with Crippen LogP contribution in [0.15, 0.2) is 29.0 Å². The van der Waals surface area contributed by atoms with Gasteiger partial charge in [-0.1, -0.05) is 6.07 Å². The number of nitrogens with zero attached hydrogens (tertiary/aromatic N) is 3. The number of pyridine rings is 1. The summed E-state index contributed by atoms with van der Waals surface area (Å²) in [6, 6.07) is 4.04. The highest BCUT2D eigenvalue weighted by Gasteiger charge is 2.03. The van der Waals surface area contributed by atoms with Gasteiger partial charge < -0.3 is 10.6 Å². The number of hydrogen-bond donors (Lipinski definition) is 2. The third-order valence-corrected chi connectivity index (χ3v) is 2.98.